The molecule has 4 amide bonds. The summed E-state index contributed by atoms with van der Waals surface area (Å²) in [6, 6.07) is 28.6. The van der Waals surface area contributed by atoms with Crippen molar-refractivity contribution in [2.24, 2.45) is 0 Å². The van der Waals surface area contributed by atoms with Crippen molar-refractivity contribution in [2.45, 2.75) is 24.8 Å². The molecule has 60 heavy (non-hydrogen) atoms. The molecule has 4 aromatic carbocycles. The van der Waals surface area contributed by atoms with Crippen LogP contribution in [0.1, 0.15) is 45.0 Å². The number of para-hydroxylation sites is 1. The molecule has 5 aromatic rings. The number of halogens is 2. The molecule has 3 fully saturated rings. The van der Waals surface area contributed by atoms with Crippen molar-refractivity contribution in [3.05, 3.63) is 131 Å². The number of aromatic nitrogens is 2. The van der Waals surface area contributed by atoms with Crippen LogP contribution in [0.2, 0.25) is 5.02 Å². The zero-order valence-corrected chi connectivity index (χ0v) is 33.4. The molecular weight excluding hydrogens is 787 g/mol. The van der Waals surface area contributed by atoms with Crippen LogP contribution >= 0.6 is 11.6 Å². The number of benzene rings is 4. The third-order valence-electron chi connectivity index (χ3n) is 11.0. The molecule has 0 aliphatic carbocycles. The average Bonchev–Trinajstić information content (AvgIpc) is 3.24. The van der Waals surface area contributed by atoms with E-state index in [1.807, 2.05) is 12.1 Å². The lowest BCUT2D eigenvalue weighted by Gasteiger charge is -2.42. The second-order valence-electron chi connectivity index (χ2n) is 15.1. The van der Waals surface area contributed by atoms with Crippen molar-refractivity contribution >= 4 is 69.7 Å². The van der Waals surface area contributed by atoms with E-state index in [1.54, 1.807) is 72.8 Å². The second kappa shape index (κ2) is 18.2. The van der Waals surface area contributed by atoms with Crippen LogP contribution < -0.4 is 31.5 Å². The Labute approximate surface area is 351 Å². The SMILES string of the molecule is O=C1CCC(c2ccc(N3CCN(CCN4CC(NC(=O)c5ccc(Nc6ncc(F)c(Nc7ccc(C(=O)Nc8ccccc8Cl)cc7)n6)cc5)C4)CC3)cc2)C(=O)N1. The summed E-state index contributed by atoms with van der Waals surface area (Å²) in [5, 5.41) is 14.7. The summed E-state index contributed by atoms with van der Waals surface area (Å²) < 4.78 is 14.7. The van der Waals surface area contributed by atoms with Crippen molar-refractivity contribution in [3.8, 4) is 0 Å². The molecule has 308 valence electrons. The standard InChI is InChI=1S/C44H44ClFN10O4/c45-36-3-1-2-4-38(36)51-42(59)30-5-11-31(12-6-30)48-40-37(46)25-47-44(53-40)50-32-13-7-29(8-14-32)41(58)49-33-26-55(27-33)20-19-54-21-23-56(24-22-54)34-15-9-28(10-16-34)35-17-18-39(57)52-43(35)60/h1-16,25,33,35H,17-24,26-27H2,(H,49,58)(H,51,59)(H,52,57,60)(H2,47,48,50,53). The fraction of sp³-hybridized carbons (Fsp3) is 0.273. The number of carbonyl (C=O) groups is 4. The van der Waals surface area contributed by atoms with Crippen LogP contribution in [-0.2, 0) is 9.59 Å². The highest BCUT2D eigenvalue weighted by Gasteiger charge is 2.30. The van der Waals surface area contributed by atoms with E-state index in [9.17, 15) is 23.6 Å². The highest BCUT2D eigenvalue weighted by molar-refractivity contribution is 6.33. The van der Waals surface area contributed by atoms with Gasteiger partial charge in [0.2, 0.25) is 17.8 Å². The molecule has 3 aliphatic rings. The molecule has 8 rings (SSSR count). The van der Waals surface area contributed by atoms with Crippen LogP contribution in [0.5, 0.6) is 0 Å². The lowest BCUT2D eigenvalue weighted by Crippen LogP contribution is -2.60. The van der Waals surface area contributed by atoms with Crippen molar-refractivity contribution in [3.63, 3.8) is 0 Å². The van der Waals surface area contributed by atoms with Gasteiger partial charge in [0.1, 0.15) is 0 Å². The van der Waals surface area contributed by atoms with Crippen molar-refractivity contribution in [2.75, 3.05) is 73.2 Å². The third-order valence-corrected chi connectivity index (χ3v) is 11.3. The molecular formula is C44H44ClFN10O4. The van der Waals surface area contributed by atoms with E-state index in [0.717, 1.165) is 69.8 Å². The largest absolute Gasteiger partial charge is 0.369 e. The maximum Gasteiger partial charge on any atom is 0.255 e. The van der Waals surface area contributed by atoms with E-state index in [1.165, 1.54) is 0 Å². The van der Waals surface area contributed by atoms with Gasteiger partial charge in [0.05, 0.1) is 28.9 Å². The predicted molar refractivity (Wildman–Crippen MR) is 229 cm³/mol. The number of nitrogens with one attached hydrogen (secondary N) is 5. The predicted octanol–water partition coefficient (Wildman–Crippen LogP) is 5.77. The number of piperazine rings is 1. The third kappa shape index (κ3) is 9.88. The molecule has 0 bridgehead atoms. The van der Waals surface area contributed by atoms with Gasteiger partial charge in [0, 0.05) is 87.0 Å². The fourth-order valence-corrected chi connectivity index (χ4v) is 7.68. The zero-order valence-electron chi connectivity index (χ0n) is 32.7. The molecule has 3 aliphatic heterocycles. The maximum absolute atomic E-state index is 14.7. The van der Waals surface area contributed by atoms with Crippen LogP contribution in [0.25, 0.3) is 0 Å². The summed E-state index contributed by atoms with van der Waals surface area (Å²) in [5.74, 6) is -1.72. The van der Waals surface area contributed by atoms with Gasteiger partial charge in [-0.15, -0.1) is 0 Å². The molecule has 3 saturated heterocycles. The number of likely N-dealkylation sites (tertiary alicyclic amines) is 1. The molecule has 16 heteroatoms. The molecule has 1 atom stereocenters. The first kappa shape index (κ1) is 40.4. The Morgan fingerprint density at radius 2 is 1.43 bits per heavy atom. The number of nitrogens with zero attached hydrogens (tertiary/aromatic N) is 5. The van der Waals surface area contributed by atoms with E-state index in [2.05, 4.69) is 63.4 Å². The van der Waals surface area contributed by atoms with Gasteiger partial charge in [0.15, 0.2) is 11.6 Å². The first-order valence-corrected chi connectivity index (χ1v) is 20.3. The Morgan fingerprint density at radius 3 is 2.12 bits per heavy atom. The number of rotatable bonds is 13. The Balaban J connectivity index is 0.739. The molecule has 5 N–H and O–H groups in total. The minimum atomic E-state index is -0.657. The van der Waals surface area contributed by atoms with Gasteiger partial charge in [-0.1, -0.05) is 35.9 Å². The summed E-state index contributed by atoms with van der Waals surface area (Å²) in [5.41, 5.74) is 4.64. The Hall–Kier alpha value is -6.42. The van der Waals surface area contributed by atoms with Gasteiger partial charge in [-0.3, -0.25) is 34.3 Å². The summed E-state index contributed by atoms with van der Waals surface area (Å²) in [7, 11) is 0. The van der Waals surface area contributed by atoms with Gasteiger partial charge < -0.3 is 26.2 Å². The Bertz CT molecular complexity index is 2350. The summed E-state index contributed by atoms with van der Waals surface area (Å²) in [6.07, 6.45) is 1.98. The number of piperidine rings is 1. The highest BCUT2D eigenvalue weighted by atomic mass is 35.5. The number of imide groups is 1. The highest BCUT2D eigenvalue weighted by Crippen LogP contribution is 2.28. The summed E-state index contributed by atoms with van der Waals surface area (Å²) >= 11 is 6.15. The van der Waals surface area contributed by atoms with Crippen LogP contribution in [-0.4, -0.2) is 102 Å². The van der Waals surface area contributed by atoms with Crippen molar-refractivity contribution in [1.82, 2.24) is 30.4 Å². The molecule has 14 nitrogen and oxygen atoms in total. The van der Waals surface area contributed by atoms with Gasteiger partial charge in [-0.2, -0.15) is 4.98 Å². The van der Waals surface area contributed by atoms with E-state index in [0.29, 0.717) is 46.1 Å². The minimum absolute atomic E-state index is 0.0541. The van der Waals surface area contributed by atoms with Crippen LogP contribution in [0.15, 0.2) is 103 Å². The lowest BCUT2D eigenvalue weighted by atomic mass is 9.90. The topological polar surface area (TPSA) is 164 Å². The second-order valence-corrected chi connectivity index (χ2v) is 15.5. The Kier molecular flexibility index (Phi) is 12.3. The van der Waals surface area contributed by atoms with E-state index in [4.69, 9.17) is 11.6 Å². The molecule has 0 radical (unpaired) electrons. The van der Waals surface area contributed by atoms with Gasteiger partial charge in [-0.05, 0) is 84.8 Å². The number of anilines is 6. The number of amides is 4. The first-order valence-electron chi connectivity index (χ1n) is 19.9. The number of carbonyl (C=O) groups excluding carboxylic acids is 4. The summed E-state index contributed by atoms with van der Waals surface area (Å²) in [4.78, 5) is 65.0. The van der Waals surface area contributed by atoms with Gasteiger partial charge >= 0.3 is 0 Å². The number of hydrogen-bond acceptors (Lipinski definition) is 11. The molecule has 1 aromatic heterocycles. The monoisotopic (exact) mass is 830 g/mol. The van der Waals surface area contributed by atoms with Crippen LogP contribution in [0, 0.1) is 5.82 Å². The summed E-state index contributed by atoms with van der Waals surface area (Å²) in [6.45, 7) is 7.26. The Morgan fingerprint density at radius 1 is 0.783 bits per heavy atom. The lowest BCUT2D eigenvalue weighted by molar-refractivity contribution is -0.134. The fourth-order valence-electron chi connectivity index (χ4n) is 7.50. The minimum Gasteiger partial charge on any atom is -0.369 e. The van der Waals surface area contributed by atoms with Crippen molar-refractivity contribution < 1.29 is 23.6 Å². The van der Waals surface area contributed by atoms with Gasteiger partial charge in [0.25, 0.3) is 11.8 Å². The van der Waals surface area contributed by atoms with Crippen molar-refractivity contribution in [1.29, 1.82) is 0 Å². The van der Waals surface area contributed by atoms with Crippen LogP contribution in [0.3, 0.4) is 0 Å². The molecule has 0 saturated carbocycles. The van der Waals surface area contributed by atoms with E-state index < -0.39 is 5.82 Å². The first-order chi connectivity index (χ1) is 29.1. The molecule has 1 unspecified atom stereocenters. The molecule has 4 heterocycles. The zero-order chi connectivity index (χ0) is 41.6. The normalized spacial score (nSPS) is 17.4. The average molecular weight is 831 g/mol. The quantitative estimate of drug-likeness (QED) is 0.0917. The van der Waals surface area contributed by atoms with E-state index in [-0.39, 0.29) is 47.4 Å². The van der Waals surface area contributed by atoms with Gasteiger partial charge in [-0.25, -0.2) is 9.37 Å². The maximum atomic E-state index is 14.7. The van der Waals surface area contributed by atoms with E-state index >= 15 is 0 Å². The smallest absolute Gasteiger partial charge is 0.255 e. The van der Waals surface area contributed by atoms with Crippen LogP contribution in [0.4, 0.5) is 38.9 Å². The number of hydrogen-bond donors (Lipinski definition) is 5. The molecule has 0 spiro atoms.